The molecule has 0 aliphatic heterocycles. The zero-order valence-corrected chi connectivity index (χ0v) is 16.0. The quantitative estimate of drug-likeness (QED) is 0.662. The molecule has 2 aromatic carbocycles. The molecule has 0 aromatic heterocycles. The van der Waals surface area contributed by atoms with Crippen molar-refractivity contribution in [1.29, 1.82) is 0 Å². The molecule has 9 heteroatoms. The van der Waals surface area contributed by atoms with E-state index in [9.17, 15) is 18.0 Å². The van der Waals surface area contributed by atoms with E-state index >= 15 is 0 Å². The van der Waals surface area contributed by atoms with Crippen molar-refractivity contribution in [2.24, 2.45) is 11.8 Å². The summed E-state index contributed by atoms with van der Waals surface area (Å²) < 4.78 is 27.5. The third kappa shape index (κ3) is 4.78. The fourth-order valence-corrected chi connectivity index (χ4v) is 3.83. The van der Waals surface area contributed by atoms with E-state index < -0.39 is 15.9 Å². The highest BCUT2D eigenvalue weighted by molar-refractivity contribution is 7.92. The van der Waals surface area contributed by atoms with Gasteiger partial charge >= 0.3 is 0 Å². The van der Waals surface area contributed by atoms with E-state index in [4.69, 9.17) is 11.6 Å². The van der Waals surface area contributed by atoms with Gasteiger partial charge in [-0.15, -0.1) is 0 Å². The van der Waals surface area contributed by atoms with Crippen LogP contribution in [0, 0.1) is 11.8 Å². The number of rotatable bonds is 5. The molecule has 1 aliphatic carbocycles. The van der Waals surface area contributed by atoms with Crippen molar-refractivity contribution < 1.29 is 18.0 Å². The van der Waals surface area contributed by atoms with Crippen molar-refractivity contribution in [3.05, 3.63) is 59.1 Å². The summed E-state index contributed by atoms with van der Waals surface area (Å²) in [6, 6.07) is 11.8. The lowest BCUT2D eigenvalue weighted by Gasteiger charge is -2.10. The van der Waals surface area contributed by atoms with E-state index in [2.05, 4.69) is 15.6 Å². The predicted octanol–water partition coefficient (Wildman–Crippen LogP) is 2.56. The maximum atomic E-state index is 12.5. The van der Waals surface area contributed by atoms with Crippen LogP contribution in [0.3, 0.4) is 0 Å². The first-order valence-corrected chi connectivity index (χ1v) is 10.1. The Kier molecular flexibility index (Phi) is 5.38. The van der Waals surface area contributed by atoms with Crippen LogP contribution in [0.4, 0.5) is 5.69 Å². The number of carbonyl (C=O) groups excluding carboxylic acids is 2. The Bertz CT molecular complexity index is 994. The minimum absolute atomic E-state index is 0.0843. The molecule has 0 bridgehead atoms. The summed E-state index contributed by atoms with van der Waals surface area (Å²) in [5.41, 5.74) is 5.08. The topological polar surface area (TPSA) is 104 Å². The monoisotopic (exact) mass is 407 g/mol. The summed E-state index contributed by atoms with van der Waals surface area (Å²) in [4.78, 5) is 23.9. The number of hydrogen-bond acceptors (Lipinski definition) is 4. The molecule has 2 unspecified atom stereocenters. The van der Waals surface area contributed by atoms with Crippen LogP contribution in [0.1, 0.15) is 23.7 Å². The molecule has 1 fully saturated rings. The van der Waals surface area contributed by atoms with Gasteiger partial charge in [-0.05, 0) is 48.7 Å². The number of benzene rings is 2. The molecule has 0 spiro atoms. The normalized spacial score (nSPS) is 18.4. The minimum Gasteiger partial charge on any atom is -0.280 e. The molecule has 1 aliphatic rings. The number of carbonyl (C=O) groups is 2. The van der Waals surface area contributed by atoms with Crippen LogP contribution in [-0.2, 0) is 14.8 Å². The molecule has 2 amide bonds. The highest BCUT2D eigenvalue weighted by Crippen LogP contribution is 2.37. The molecule has 3 N–H and O–H groups in total. The van der Waals surface area contributed by atoms with Crippen molar-refractivity contribution in [1.82, 2.24) is 10.9 Å². The number of nitrogens with one attached hydrogen (secondary N) is 3. The first-order valence-electron chi connectivity index (χ1n) is 8.25. The third-order valence-electron chi connectivity index (χ3n) is 4.23. The maximum Gasteiger partial charge on any atom is 0.269 e. The van der Waals surface area contributed by atoms with Gasteiger partial charge in [0.15, 0.2) is 0 Å². The average Bonchev–Trinajstić information content (AvgIpc) is 3.36. The van der Waals surface area contributed by atoms with Crippen LogP contribution >= 0.6 is 11.6 Å². The van der Waals surface area contributed by atoms with Crippen molar-refractivity contribution in [3.8, 4) is 0 Å². The highest BCUT2D eigenvalue weighted by atomic mass is 35.5. The van der Waals surface area contributed by atoms with E-state index in [0.29, 0.717) is 16.6 Å². The Balaban J connectivity index is 1.70. The largest absolute Gasteiger partial charge is 0.280 e. The second-order valence-corrected chi connectivity index (χ2v) is 8.53. The second kappa shape index (κ2) is 7.58. The average molecular weight is 408 g/mol. The number of hydrogen-bond donors (Lipinski definition) is 3. The predicted molar refractivity (Wildman–Crippen MR) is 102 cm³/mol. The molecule has 142 valence electrons. The lowest BCUT2D eigenvalue weighted by Crippen LogP contribution is -2.42. The van der Waals surface area contributed by atoms with Crippen molar-refractivity contribution in [2.75, 3.05) is 4.72 Å². The van der Waals surface area contributed by atoms with Gasteiger partial charge in [-0.3, -0.25) is 25.2 Å². The maximum absolute atomic E-state index is 12.5. The zero-order valence-electron chi connectivity index (χ0n) is 14.4. The molecule has 27 heavy (non-hydrogen) atoms. The SMILES string of the molecule is CC1CC1C(=O)NNC(=O)c1cccc(S(=O)(=O)Nc2cccc(Cl)c2)c1. The first-order chi connectivity index (χ1) is 12.8. The lowest BCUT2D eigenvalue weighted by atomic mass is 10.2. The molecule has 2 atom stereocenters. The van der Waals surface area contributed by atoms with Crippen LogP contribution in [-0.4, -0.2) is 20.2 Å². The summed E-state index contributed by atoms with van der Waals surface area (Å²) in [6.45, 7) is 1.95. The number of hydrazine groups is 1. The first kappa shape index (κ1) is 19.2. The highest BCUT2D eigenvalue weighted by Gasteiger charge is 2.39. The van der Waals surface area contributed by atoms with Gasteiger partial charge in [0.2, 0.25) is 5.91 Å². The van der Waals surface area contributed by atoms with Crippen LogP contribution < -0.4 is 15.6 Å². The number of anilines is 1. The van der Waals surface area contributed by atoms with Crippen molar-refractivity contribution in [3.63, 3.8) is 0 Å². The second-order valence-electron chi connectivity index (χ2n) is 6.41. The van der Waals surface area contributed by atoms with Gasteiger partial charge in [0.05, 0.1) is 10.6 Å². The Labute approximate surface area is 162 Å². The molecule has 0 saturated heterocycles. The summed E-state index contributed by atoms with van der Waals surface area (Å²) >= 11 is 5.86. The third-order valence-corrected chi connectivity index (χ3v) is 5.84. The molecule has 1 saturated carbocycles. The molecule has 2 aromatic rings. The molecule has 0 heterocycles. The Hall–Kier alpha value is -2.58. The van der Waals surface area contributed by atoms with Crippen LogP contribution in [0.2, 0.25) is 5.02 Å². The van der Waals surface area contributed by atoms with Gasteiger partial charge < -0.3 is 0 Å². The lowest BCUT2D eigenvalue weighted by molar-refractivity contribution is -0.123. The van der Waals surface area contributed by atoms with Gasteiger partial charge in [0.25, 0.3) is 15.9 Å². The zero-order chi connectivity index (χ0) is 19.6. The van der Waals surface area contributed by atoms with Crippen molar-refractivity contribution in [2.45, 2.75) is 18.2 Å². The Morgan fingerprint density at radius 2 is 1.78 bits per heavy atom. The molecule has 7 nitrogen and oxygen atoms in total. The van der Waals surface area contributed by atoms with E-state index in [1.165, 1.54) is 30.3 Å². The molecule has 3 rings (SSSR count). The molecule has 0 radical (unpaired) electrons. The Morgan fingerprint density at radius 3 is 2.44 bits per heavy atom. The van der Waals surface area contributed by atoms with Gasteiger partial charge in [0.1, 0.15) is 0 Å². The van der Waals surface area contributed by atoms with Gasteiger partial charge in [-0.1, -0.05) is 30.7 Å². The molecular weight excluding hydrogens is 390 g/mol. The molecular formula is C18H18ClN3O4S. The Morgan fingerprint density at radius 1 is 1.07 bits per heavy atom. The van der Waals surface area contributed by atoms with E-state index in [-0.39, 0.29) is 22.3 Å². The summed E-state index contributed by atoms with van der Waals surface area (Å²) in [5, 5.41) is 0.393. The number of halogens is 1. The van der Waals surface area contributed by atoms with E-state index in [0.717, 1.165) is 6.42 Å². The van der Waals surface area contributed by atoms with Crippen LogP contribution in [0.5, 0.6) is 0 Å². The smallest absolute Gasteiger partial charge is 0.269 e. The number of amides is 2. The fourth-order valence-electron chi connectivity index (χ4n) is 2.54. The standard InChI is InChI=1S/C18H18ClN3O4S/c1-11-8-16(11)18(24)21-20-17(23)12-4-2-7-15(9-12)27(25,26)22-14-6-3-5-13(19)10-14/h2-7,9-11,16,22H,8H2,1H3,(H,20,23)(H,21,24). The minimum atomic E-state index is -3.90. The van der Waals surface area contributed by atoms with Gasteiger partial charge in [-0.25, -0.2) is 8.42 Å². The van der Waals surface area contributed by atoms with Crippen LogP contribution in [0.15, 0.2) is 53.4 Å². The van der Waals surface area contributed by atoms with E-state index in [1.54, 1.807) is 18.2 Å². The van der Waals surface area contributed by atoms with Crippen LogP contribution in [0.25, 0.3) is 0 Å². The van der Waals surface area contributed by atoms with E-state index in [1.807, 2.05) is 6.92 Å². The summed E-state index contributed by atoms with van der Waals surface area (Å²) in [7, 11) is -3.90. The van der Waals surface area contributed by atoms with Gasteiger partial charge in [0, 0.05) is 16.5 Å². The number of sulfonamides is 1. The van der Waals surface area contributed by atoms with Gasteiger partial charge in [-0.2, -0.15) is 0 Å². The van der Waals surface area contributed by atoms with Crippen molar-refractivity contribution >= 4 is 39.1 Å². The summed E-state index contributed by atoms with van der Waals surface area (Å²) in [5.74, 6) is -0.620. The fraction of sp³-hybridized carbons (Fsp3) is 0.222. The summed E-state index contributed by atoms with van der Waals surface area (Å²) in [6.07, 6.45) is 0.796.